The SMILES string of the molecule is OCC1C2CCNCC2=CC(c2ccccc2)C1CO. The van der Waals surface area contributed by atoms with Crippen molar-refractivity contribution in [1.82, 2.24) is 5.32 Å². The largest absolute Gasteiger partial charge is 0.396 e. The van der Waals surface area contributed by atoms with E-state index < -0.39 is 0 Å². The Morgan fingerprint density at radius 3 is 2.50 bits per heavy atom. The van der Waals surface area contributed by atoms with Crippen molar-refractivity contribution in [3.05, 3.63) is 47.5 Å². The van der Waals surface area contributed by atoms with Crippen LogP contribution in [0.4, 0.5) is 0 Å². The summed E-state index contributed by atoms with van der Waals surface area (Å²) in [4.78, 5) is 0. The lowest BCUT2D eigenvalue weighted by molar-refractivity contribution is 0.0659. The van der Waals surface area contributed by atoms with Crippen LogP contribution in [0, 0.1) is 17.8 Å². The number of benzene rings is 1. The molecule has 0 saturated carbocycles. The van der Waals surface area contributed by atoms with Crippen molar-refractivity contribution >= 4 is 0 Å². The molecule has 0 radical (unpaired) electrons. The van der Waals surface area contributed by atoms with Gasteiger partial charge in [-0.15, -0.1) is 0 Å². The van der Waals surface area contributed by atoms with Gasteiger partial charge in [0.2, 0.25) is 0 Å². The fourth-order valence-corrected chi connectivity index (χ4v) is 3.93. The number of rotatable bonds is 3. The van der Waals surface area contributed by atoms with Crippen LogP contribution in [-0.2, 0) is 0 Å². The highest BCUT2D eigenvalue weighted by Gasteiger charge is 2.40. The Balaban J connectivity index is 1.99. The van der Waals surface area contributed by atoms with E-state index in [2.05, 4.69) is 23.5 Å². The van der Waals surface area contributed by atoms with Crippen molar-refractivity contribution in [1.29, 1.82) is 0 Å². The normalized spacial score (nSPS) is 33.4. The molecule has 3 nitrogen and oxygen atoms in total. The lowest BCUT2D eigenvalue weighted by atomic mass is 9.64. The third-order valence-electron chi connectivity index (χ3n) is 4.97. The molecular weight excluding hydrogens is 250 g/mol. The van der Waals surface area contributed by atoms with Gasteiger partial charge in [0.05, 0.1) is 0 Å². The fraction of sp³-hybridized carbons (Fsp3) is 0.529. The minimum atomic E-state index is 0.120. The van der Waals surface area contributed by atoms with Crippen LogP contribution < -0.4 is 5.32 Å². The minimum absolute atomic E-state index is 0.120. The maximum atomic E-state index is 9.86. The minimum Gasteiger partial charge on any atom is -0.396 e. The summed E-state index contributed by atoms with van der Waals surface area (Å²) in [5.74, 6) is 0.935. The van der Waals surface area contributed by atoms with E-state index in [1.165, 1.54) is 11.1 Å². The molecule has 2 aliphatic rings. The van der Waals surface area contributed by atoms with Gasteiger partial charge in [-0.1, -0.05) is 42.0 Å². The first kappa shape index (κ1) is 13.8. The molecule has 3 heteroatoms. The third kappa shape index (κ3) is 2.41. The van der Waals surface area contributed by atoms with Crippen LogP contribution in [0.25, 0.3) is 0 Å². The Morgan fingerprint density at radius 1 is 1.05 bits per heavy atom. The summed E-state index contributed by atoms with van der Waals surface area (Å²) in [5.41, 5.74) is 2.65. The number of hydrogen-bond donors (Lipinski definition) is 3. The van der Waals surface area contributed by atoms with E-state index in [1.54, 1.807) is 0 Å². The molecule has 4 unspecified atom stereocenters. The van der Waals surface area contributed by atoms with Gasteiger partial charge in [-0.2, -0.15) is 0 Å². The van der Waals surface area contributed by atoms with Gasteiger partial charge in [-0.05, 0) is 36.3 Å². The predicted octanol–water partition coefficient (Wildman–Crippen LogP) is 1.54. The van der Waals surface area contributed by atoms with E-state index in [4.69, 9.17) is 0 Å². The zero-order chi connectivity index (χ0) is 13.9. The molecule has 0 spiro atoms. The number of piperidine rings is 1. The second kappa shape index (κ2) is 6.08. The molecule has 1 heterocycles. The fourth-order valence-electron chi connectivity index (χ4n) is 3.93. The lowest BCUT2D eigenvalue weighted by Gasteiger charge is -2.43. The van der Waals surface area contributed by atoms with Gasteiger partial charge in [0.15, 0.2) is 0 Å². The van der Waals surface area contributed by atoms with Gasteiger partial charge in [-0.3, -0.25) is 0 Å². The Morgan fingerprint density at radius 2 is 1.80 bits per heavy atom. The Labute approximate surface area is 120 Å². The summed E-state index contributed by atoms with van der Waals surface area (Å²) in [5, 5.41) is 23.1. The van der Waals surface area contributed by atoms with Crippen LogP contribution in [0.1, 0.15) is 17.9 Å². The van der Waals surface area contributed by atoms with Crippen LogP contribution in [-0.4, -0.2) is 36.5 Å². The van der Waals surface area contributed by atoms with Gasteiger partial charge < -0.3 is 15.5 Å². The van der Waals surface area contributed by atoms with E-state index in [-0.39, 0.29) is 31.0 Å². The van der Waals surface area contributed by atoms with Gasteiger partial charge in [0, 0.05) is 25.7 Å². The molecule has 0 amide bonds. The summed E-state index contributed by atoms with van der Waals surface area (Å²) in [6, 6.07) is 10.3. The summed E-state index contributed by atoms with van der Waals surface area (Å²) >= 11 is 0. The van der Waals surface area contributed by atoms with Gasteiger partial charge in [-0.25, -0.2) is 0 Å². The first-order valence-corrected chi connectivity index (χ1v) is 7.53. The molecule has 0 aromatic heterocycles. The Hall–Kier alpha value is -1.16. The second-order valence-electron chi connectivity index (χ2n) is 5.94. The van der Waals surface area contributed by atoms with Crippen LogP contribution in [0.15, 0.2) is 42.0 Å². The highest BCUT2D eigenvalue weighted by atomic mass is 16.3. The number of aliphatic hydroxyl groups is 2. The van der Waals surface area contributed by atoms with Gasteiger partial charge >= 0.3 is 0 Å². The van der Waals surface area contributed by atoms with Crippen molar-refractivity contribution in [3.63, 3.8) is 0 Å². The molecule has 1 aliphatic carbocycles. The van der Waals surface area contributed by atoms with Crippen molar-refractivity contribution in [2.24, 2.45) is 17.8 Å². The van der Waals surface area contributed by atoms with Crippen LogP contribution in [0.3, 0.4) is 0 Å². The van der Waals surface area contributed by atoms with Crippen molar-refractivity contribution in [2.45, 2.75) is 12.3 Å². The third-order valence-corrected chi connectivity index (χ3v) is 4.97. The standard InChI is InChI=1S/C17H23NO2/c19-10-16-14-6-7-18-9-13(14)8-15(17(16)11-20)12-4-2-1-3-5-12/h1-5,8,14-20H,6-7,9-11H2. The topological polar surface area (TPSA) is 52.5 Å². The highest BCUT2D eigenvalue weighted by Crippen LogP contribution is 2.44. The molecule has 1 aromatic carbocycles. The summed E-state index contributed by atoms with van der Waals surface area (Å²) in [7, 11) is 0. The quantitative estimate of drug-likeness (QED) is 0.732. The van der Waals surface area contributed by atoms with Crippen molar-refractivity contribution in [3.8, 4) is 0 Å². The molecule has 1 saturated heterocycles. The van der Waals surface area contributed by atoms with E-state index in [1.807, 2.05) is 18.2 Å². The molecule has 3 N–H and O–H groups in total. The van der Waals surface area contributed by atoms with E-state index in [0.717, 1.165) is 19.5 Å². The zero-order valence-electron chi connectivity index (χ0n) is 11.7. The average Bonchev–Trinajstić information content (AvgIpc) is 2.53. The van der Waals surface area contributed by atoms with Gasteiger partial charge in [0.25, 0.3) is 0 Å². The molecule has 3 rings (SSSR count). The molecular formula is C17H23NO2. The number of fused-ring (bicyclic) bond motifs is 1. The molecule has 1 aromatic rings. The number of nitrogens with one attached hydrogen (secondary N) is 1. The molecule has 20 heavy (non-hydrogen) atoms. The number of aliphatic hydroxyl groups excluding tert-OH is 2. The monoisotopic (exact) mass is 273 g/mol. The summed E-state index contributed by atoms with van der Waals surface area (Å²) < 4.78 is 0. The van der Waals surface area contributed by atoms with Crippen molar-refractivity contribution in [2.75, 3.05) is 26.3 Å². The highest BCUT2D eigenvalue weighted by molar-refractivity contribution is 5.32. The lowest BCUT2D eigenvalue weighted by Crippen LogP contribution is -2.43. The average molecular weight is 273 g/mol. The molecule has 0 bridgehead atoms. The Kier molecular flexibility index (Phi) is 4.20. The molecule has 4 atom stereocenters. The summed E-state index contributed by atoms with van der Waals surface area (Å²) in [6.07, 6.45) is 3.40. The van der Waals surface area contributed by atoms with Crippen LogP contribution in [0.5, 0.6) is 0 Å². The zero-order valence-corrected chi connectivity index (χ0v) is 11.7. The van der Waals surface area contributed by atoms with Crippen LogP contribution >= 0.6 is 0 Å². The maximum absolute atomic E-state index is 9.86. The number of hydrogen-bond acceptors (Lipinski definition) is 3. The van der Waals surface area contributed by atoms with Gasteiger partial charge in [0.1, 0.15) is 0 Å². The molecule has 1 aliphatic heterocycles. The van der Waals surface area contributed by atoms with E-state index in [0.29, 0.717) is 5.92 Å². The second-order valence-corrected chi connectivity index (χ2v) is 5.94. The Bertz CT molecular complexity index is 471. The maximum Gasteiger partial charge on any atom is 0.0471 e. The predicted molar refractivity (Wildman–Crippen MR) is 79.4 cm³/mol. The smallest absolute Gasteiger partial charge is 0.0471 e. The molecule has 108 valence electrons. The first-order chi connectivity index (χ1) is 9.85. The van der Waals surface area contributed by atoms with Crippen molar-refractivity contribution < 1.29 is 10.2 Å². The summed E-state index contributed by atoms with van der Waals surface area (Å²) in [6.45, 7) is 2.23. The molecule has 1 fully saturated rings. The van der Waals surface area contributed by atoms with Crippen LogP contribution in [0.2, 0.25) is 0 Å². The van der Waals surface area contributed by atoms with E-state index in [9.17, 15) is 10.2 Å². The van der Waals surface area contributed by atoms with E-state index >= 15 is 0 Å². The number of allylic oxidation sites excluding steroid dienone is 1. The first-order valence-electron chi connectivity index (χ1n) is 7.53.